The van der Waals surface area contributed by atoms with Crippen LogP contribution in [0.3, 0.4) is 0 Å². The van der Waals surface area contributed by atoms with Crippen LogP contribution in [0.2, 0.25) is 5.15 Å². The zero-order valence-corrected chi connectivity index (χ0v) is 11.4. The molecule has 0 saturated heterocycles. The fourth-order valence-electron chi connectivity index (χ4n) is 1.60. The number of nitrogen functional groups attached to an aromatic ring is 1. The van der Waals surface area contributed by atoms with Crippen molar-refractivity contribution in [2.24, 2.45) is 0 Å². The van der Waals surface area contributed by atoms with Crippen LogP contribution in [0.4, 0.5) is 11.8 Å². The minimum absolute atomic E-state index is 0.221. The SMILES string of the molecule is CCN(CCCN(C)C)c1cc(Cl)nc(N)n1. The van der Waals surface area contributed by atoms with E-state index in [4.69, 9.17) is 17.3 Å². The lowest BCUT2D eigenvalue weighted by atomic mass is 10.3. The third kappa shape index (κ3) is 4.75. The quantitative estimate of drug-likeness (QED) is 0.783. The van der Waals surface area contributed by atoms with Crippen molar-refractivity contribution in [3.8, 4) is 0 Å². The van der Waals surface area contributed by atoms with Crippen molar-refractivity contribution >= 4 is 23.4 Å². The summed E-state index contributed by atoms with van der Waals surface area (Å²) in [6.07, 6.45) is 1.07. The Kier molecular flexibility index (Phi) is 5.44. The first-order valence-electron chi connectivity index (χ1n) is 5.72. The van der Waals surface area contributed by atoms with E-state index >= 15 is 0 Å². The molecule has 0 aliphatic rings. The van der Waals surface area contributed by atoms with Crippen LogP contribution in [-0.4, -0.2) is 48.6 Å². The summed E-state index contributed by atoms with van der Waals surface area (Å²) in [4.78, 5) is 12.4. The summed E-state index contributed by atoms with van der Waals surface area (Å²) >= 11 is 5.87. The Labute approximate surface area is 108 Å². The normalized spacial score (nSPS) is 10.9. The second-order valence-corrected chi connectivity index (χ2v) is 4.53. The molecule has 0 radical (unpaired) electrons. The lowest BCUT2D eigenvalue weighted by Gasteiger charge is -2.22. The Balaban J connectivity index is 2.65. The molecule has 1 heterocycles. The van der Waals surface area contributed by atoms with Crippen molar-refractivity contribution in [3.63, 3.8) is 0 Å². The standard InChI is InChI=1S/C11H20ClN5/c1-4-17(7-5-6-16(2)3)10-8-9(12)14-11(13)15-10/h8H,4-7H2,1-3H3,(H2,13,14,15). The maximum Gasteiger partial charge on any atom is 0.223 e. The van der Waals surface area contributed by atoms with E-state index in [1.165, 1.54) is 0 Å². The lowest BCUT2D eigenvalue weighted by molar-refractivity contribution is 0.400. The lowest BCUT2D eigenvalue weighted by Crippen LogP contribution is -2.28. The molecule has 0 aromatic carbocycles. The Bertz CT molecular complexity index is 335. The Hall–Kier alpha value is -1.07. The first-order chi connectivity index (χ1) is 8.02. The third-order valence-corrected chi connectivity index (χ3v) is 2.63. The van der Waals surface area contributed by atoms with Crippen molar-refractivity contribution in [1.82, 2.24) is 14.9 Å². The molecule has 0 fully saturated rings. The Morgan fingerprint density at radius 3 is 2.53 bits per heavy atom. The van der Waals surface area contributed by atoms with Crippen LogP contribution in [0, 0.1) is 0 Å². The van der Waals surface area contributed by atoms with Crippen LogP contribution in [0.25, 0.3) is 0 Å². The molecule has 0 aliphatic carbocycles. The van der Waals surface area contributed by atoms with Crippen LogP contribution in [0.1, 0.15) is 13.3 Å². The van der Waals surface area contributed by atoms with Gasteiger partial charge >= 0.3 is 0 Å². The van der Waals surface area contributed by atoms with E-state index in [0.29, 0.717) is 5.15 Å². The molecule has 17 heavy (non-hydrogen) atoms. The highest BCUT2D eigenvalue weighted by Gasteiger charge is 2.08. The van der Waals surface area contributed by atoms with E-state index in [1.54, 1.807) is 6.07 Å². The van der Waals surface area contributed by atoms with Crippen LogP contribution in [-0.2, 0) is 0 Å². The largest absolute Gasteiger partial charge is 0.368 e. The van der Waals surface area contributed by atoms with E-state index < -0.39 is 0 Å². The van der Waals surface area contributed by atoms with Gasteiger partial charge < -0.3 is 15.5 Å². The second kappa shape index (κ2) is 6.61. The molecule has 2 N–H and O–H groups in total. The molecule has 96 valence electrons. The molecule has 1 aromatic heterocycles. The molecular formula is C11H20ClN5. The number of halogens is 1. The van der Waals surface area contributed by atoms with Gasteiger partial charge in [0.25, 0.3) is 0 Å². The Morgan fingerprint density at radius 2 is 2.00 bits per heavy atom. The second-order valence-electron chi connectivity index (χ2n) is 4.14. The predicted molar refractivity (Wildman–Crippen MR) is 72.5 cm³/mol. The van der Waals surface area contributed by atoms with Crippen molar-refractivity contribution in [3.05, 3.63) is 11.2 Å². The summed E-state index contributed by atoms with van der Waals surface area (Å²) in [7, 11) is 4.13. The van der Waals surface area contributed by atoms with Gasteiger partial charge in [-0.05, 0) is 34.0 Å². The summed E-state index contributed by atoms with van der Waals surface area (Å²) in [5, 5.41) is 0.388. The number of nitrogens with zero attached hydrogens (tertiary/aromatic N) is 4. The van der Waals surface area contributed by atoms with Gasteiger partial charge in [0.1, 0.15) is 11.0 Å². The van der Waals surface area contributed by atoms with Gasteiger partial charge in [-0.3, -0.25) is 0 Å². The summed E-state index contributed by atoms with van der Waals surface area (Å²) in [6.45, 7) is 4.94. The van der Waals surface area contributed by atoms with Gasteiger partial charge in [-0.2, -0.15) is 4.98 Å². The zero-order valence-electron chi connectivity index (χ0n) is 10.6. The molecule has 1 aromatic rings. The van der Waals surface area contributed by atoms with Crippen LogP contribution >= 0.6 is 11.6 Å². The van der Waals surface area contributed by atoms with Gasteiger partial charge in [-0.1, -0.05) is 11.6 Å². The van der Waals surface area contributed by atoms with Gasteiger partial charge in [0.05, 0.1) is 0 Å². The van der Waals surface area contributed by atoms with E-state index in [1.807, 2.05) is 0 Å². The predicted octanol–water partition coefficient (Wildman–Crippen LogP) is 1.49. The zero-order chi connectivity index (χ0) is 12.8. The highest BCUT2D eigenvalue weighted by molar-refractivity contribution is 6.29. The Morgan fingerprint density at radius 1 is 1.29 bits per heavy atom. The summed E-state index contributed by atoms with van der Waals surface area (Å²) in [5.74, 6) is 1.02. The number of aromatic nitrogens is 2. The van der Waals surface area contributed by atoms with E-state index in [9.17, 15) is 0 Å². The average molecular weight is 258 g/mol. The topological polar surface area (TPSA) is 58.3 Å². The molecule has 0 bridgehead atoms. The molecule has 1 rings (SSSR count). The summed E-state index contributed by atoms with van der Waals surface area (Å²) in [5.41, 5.74) is 5.59. The van der Waals surface area contributed by atoms with Gasteiger partial charge in [-0.25, -0.2) is 4.98 Å². The van der Waals surface area contributed by atoms with E-state index in [-0.39, 0.29) is 5.95 Å². The fraction of sp³-hybridized carbons (Fsp3) is 0.636. The molecule has 0 spiro atoms. The van der Waals surface area contributed by atoms with Crippen LogP contribution in [0.5, 0.6) is 0 Å². The van der Waals surface area contributed by atoms with Crippen molar-refractivity contribution in [1.29, 1.82) is 0 Å². The van der Waals surface area contributed by atoms with Crippen molar-refractivity contribution in [2.75, 3.05) is 44.4 Å². The highest BCUT2D eigenvalue weighted by atomic mass is 35.5. The van der Waals surface area contributed by atoms with Gasteiger partial charge in [-0.15, -0.1) is 0 Å². The molecule has 0 aliphatic heterocycles. The molecule has 5 nitrogen and oxygen atoms in total. The maximum atomic E-state index is 5.87. The number of hydrogen-bond donors (Lipinski definition) is 1. The molecule has 0 amide bonds. The summed E-state index contributed by atoms with van der Waals surface area (Å²) < 4.78 is 0. The average Bonchev–Trinajstić information content (AvgIpc) is 2.22. The van der Waals surface area contributed by atoms with Crippen molar-refractivity contribution < 1.29 is 0 Å². The number of anilines is 2. The van der Waals surface area contributed by atoms with E-state index in [2.05, 4.69) is 40.8 Å². The van der Waals surface area contributed by atoms with Gasteiger partial charge in [0.2, 0.25) is 5.95 Å². The minimum atomic E-state index is 0.221. The first kappa shape index (κ1) is 14.0. The molecular weight excluding hydrogens is 238 g/mol. The monoisotopic (exact) mass is 257 g/mol. The maximum absolute atomic E-state index is 5.87. The molecule has 0 atom stereocenters. The van der Waals surface area contributed by atoms with Crippen LogP contribution in [0.15, 0.2) is 6.07 Å². The minimum Gasteiger partial charge on any atom is -0.368 e. The molecule has 0 saturated carbocycles. The highest BCUT2D eigenvalue weighted by Crippen LogP contribution is 2.17. The summed E-state index contributed by atoms with van der Waals surface area (Å²) in [6, 6.07) is 1.75. The third-order valence-electron chi connectivity index (χ3n) is 2.44. The smallest absolute Gasteiger partial charge is 0.223 e. The van der Waals surface area contributed by atoms with Gasteiger partial charge in [0.15, 0.2) is 0 Å². The van der Waals surface area contributed by atoms with Crippen molar-refractivity contribution in [2.45, 2.75) is 13.3 Å². The number of hydrogen-bond acceptors (Lipinski definition) is 5. The van der Waals surface area contributed by atoms with E-state index in [0.717, 1.165) is 31.9 Å². The van der Waals surface area contributed by atoms with Crippen LogP contribution < -0.4 is 10.6 Å². The molecule has 0 unspecified atom stereocenters. The first-order valence-corrected chi connectivity index (χ1v) is 6.10. The number of nitrogens with two attached hydrogens (primary N) is 1. The number of rotatable bonds is 6. The van der Waals surface area contributed by atoms with Gasteiger partial charge in [0, 0.05) is 19.2 Å². The molecule has 6 heteroatoms. The fourth-order valence-corrected chi connectivity index (χ4v) is 1.78.